The Morgan fingerprint density at radius 2 is 1.62 bits per heavy atom. The van der Waals surface area contributed by atoms with E-state index in [4.69, 9.17) is 0 Å². The first-order valence-corrected chi connectivity index (χ1v) is 10.3. The molecule has 32 heavy (non-hydrogen) atoms. The molecule has 2 aromatic heterocycles. The third-order valence-electron chi connectivity index (χ3n) is 4.60. The largest absolute Gasteiger partial charge is 2.00 e. The molecule has 0 aliphatic rings. The second-order valence-electron chi connectivity index (χ2n) is 6.73. The van der Waals surface area contributed by atoms with Gasteiger partial charge in [-0.2, -0.15) is 49.1 Å². The van der Waals surface area contributed by atoms with E-state index in [9.17, 15) is 22.0 Å². The molecule has 0 amide bonds. The number of pyridine rings is 1. The molecule has 0 aliphatic carbocycles. The number of hydrogen-bond donors (Lipinski definition) is 0. The third kappa shape index (κ3) is 5.14. The van der Waals surface area contributed by atoms with E-state index >= 15 is 0 Å². The Bertz CT molecular complexity index is 1210. The van der Waals surface area contributed by atoms with Crippen molar-refractivity contribution < 1.29 is 43.0 Å². The van der Waals surface area contributed by atoms with Crippen LogP contribution in [-0.2, 0) is 33.7 Å². The maximum atomic E-state index is 14.9. The predicted octanol–water partition coefficient (Wildman–Crippen LogP) is 7.21. The molecular formula is C24H14F5NPPt+. The van der Waals surface area contributed by atoms with Gasteiger partial charge in [0.05, 0.1) is 17.8 Å². The summed E-state index contributed by atoms with van der Waals surface area (Å²) in [4.78, 5) is 4.34. The maximum absolute atomic E-state index is 14.9. The Hall–Kier alpha value is -2.42. The molecule has 1 atom stereocenters. The van der Waals surface area contributed by atoms with Crippen LogP contribution in [0.2, 0.25) is 0 Å². The van der Waals surface area contributed by atoms with Gasteiger partial charge in [0.1, 0.15) is 19.3 Å². The summed E-state index contributed by atoms with van der Waals surface area (Å²) >= 11 is 0. The molecule has 164 valence electrons. The third-order valence-corrected chi connectivity index (χ3v) is 5.67. The Morgan fingerprint density at radius 3 is 2.28 bits per heavy atom. The number of halogens is 5. The summed E-state index contributed by atoms with van der Waals surface area (Å²) in [5.74, 6) is -1.45. The van der Waals surface area contributed by atoms with E-state index < -0.39 is 34.5 Å². The molecule has 0 saturated heterocycles. The Balaban J connectivity index is 0.00000289. The van der Waals surface area contributed by atoms with E-state index in [-0.39, 0.29) is 32.3 Å². The minimum absolute atomic E-state index is 0. The van der Waals surface area contributed by atoms with Crippen LogP contribution in [-0.4, -0.2) is 4.98 Å². The fraction of sp³-hybridized carbons (Fsp3) is 0.0833. The fourth-order valence-corrected chi connectivity index (χ4v) is 4.09. The van der Waals surface area contributed by atoms with Crippen molar-refractivity contribution in [3.05, 3.63) is 107 Å². The summed E-state index contributed by atoms with van der Waals surface area (Å²) in [5.41, 5.74) is -2.44. The second-order valence-corrected chi connectivity index (χ2v) is 7.99. The molecule has 0 fully saturated rings. The molecule has 0 radical (unpaired) electrons. The summed E-state index contributed by atoms with van der Waals surface area (Å²) in [6.45, 7) is 0. The van der Waals surface area contributed by atoms with Crippen LogP contribution in [0.25, 0.3) is 22.4 Å². The van der Waals surface area contributed by atoms with Gasteiger partial charge in [0.2, 0.25) is 0 Å². The number of nitrogens with zero attached hydrogens (tertiary/aromatic N) is 1. The average Bonchev–Trinajstić information content (AvgIpc) is 2.74. The molecule has 0 N–H and O–H groups in total. The van der Waals surface area contributed by atoms with Gasteiger partial charge < -0.3 is 0 Å². The van der Waals surface area contributed by atoms with Gasteiger partial charge in [-0.3, -0.25) is 13.8 Å². The maximum Gasteiger partial charge on any atom is 2.00 e. The Kier molecular flexibility index (Phi) is 7.58. The number of rotatable bonds is 4. The molecule has 0 spiro atoms. The van der Waals surface area contributed by atoms with Crippen molar-refractivity contribution in [2.75, 3.05) is 0 Å². The van der Waals surface area contributed by atoms with Crippen LogP contribution in [0.3, 0.4) is 0 Å². The standard InChI is InChI=1S/C24H13F5NP.Pt/c25-22-18(15-7-2-1-3-8-15)14-19(23(26)21(22)24(27,28)29)20-11-6-9-16(30-20)13-17-10-4-5-12-31-17;/h1-7,9-12H,13H2;/q-2;+2/p+1. The monoisotopic (exact) mass is 637 g/mol. The SMILES string of the molecule is Fc1c(-c2[c-]cccc2)[c-]c(-c2cccc(Cc3cccc[pH+]3)n2)c(F)c1C(F)(F)F.[Pt+2]. The van der Waals surface area contributed by atoms with Crippen LogP contribution in [0.5, 0.6) is 0 Å². The van der Waals surface area contributed by atoms with E-state index in [1.807, 2.05) is 24.0 Å². The summed E-state index contributed by atoms with van der Waals surface area (Å²) < 4.78 is 70.3. The summed E-state index contributed by atoms with van der Waals surface area (Å²) in [6.07, 6.45) is -4.75. The van der Waals surface area contributed by atoms with Crippen molar-refractivity contribution in [2.45, 2.75) is 12.6 Å². The van der Waals surface area contributed by atoms with Gasteiger partial charge in [-0.25, -0.2) is 5.56 Å². The van der Waals surface area contributed by atoms with Crippen molar-refractivity contribution in [3.63, 3.8) is 0 Å². The smallest absolute Gasteiger partial charge is 0.291 e. The van der Waals surface area contributed by atoms with Gasteiger partial charge in [0.15, 0.2) is 0 Å². The van der Waals surface area contributed by atoms with Gasteiger partial charge >= 0.3 is 27.2 Å². The van der Waals surface area contributed by atoms with Gasteiger partial charge in [-0.15, -0.1) is 6.07 Å². The minimum Gasteiger partial charge on any atom is -0.291 e. The van der Waals surface area contributed by atoms with Crippen LogP contribution in [0.1, 0.15) is 16.6 Å². The second kappa shape index (κ2) is 10.0. The molecule has 1 nitrogen and oxygen atoms in total. The van der Waals surface area contributed by atoms with Crippen LogP contribution in [0.15, 0.2) is 66.5 Å². The molecule has 4 aromatic rings. The quantitative estimate of drug-likeness (QED) is 0.170. The molecular weight excluding hydrogens is 623 g/mol. The molecule has 4 rings (SSSR count). The van der Waals surface area contributed by atoms with E-state index in [0.29, 0.717) is 20.3 Å². The Morgan fingerprint density at radius 1 is 0.875 bits per heavy atom. The van der Waals surface area contributed by atoms with E-state index in [1.165, 1.54) is 24.3 Å². The summed E-state index contributed by atoms with van der Waals surface area (Å²) in [5, 5.41) is 1.09. The van der Waals surface area contributed by atoms with Crippen LogP contribution in [0, 0.1) is 23.8 Å². The molecule has 2 heterocycles. The first-order chi connectivity index (χ1) is 14.8. The number of hydrogen-bond acceptors (Lipinski definition) is 1. The average molecular weight is 637 g/mol. The summed E-state index contributed by atoms with van der Waals surface area (Å²) in [7, 11) is 0.472. The zero-order valence-electron chi connectivity index (χ0n) is 16.2. The zero-order chi connectivity index (χ0) is 22.0. The van der Waals surface area contributed by atoms with Crippen molar-refractivity contribution in [1.82, 2.24) is 4.98 Å². The van der Waals surface area contributed by atoms with E-state index in [1.54, 1.807) is 18.2 Å². The first kappa shape index (κ1) is 24.2. The van der Waals surface area contributed by atoms with Gasteiger partial charge in [-0.05, 0) is 18.2 Å². The number of benzene rings is 2. The van der Waals surface area contributed by atoms with Crippen LogP contribution < -0.4 is 0 Å². The molecule has 0 bridgehead atoms. The normalized spacial score (nSPS) is 11.4. The van der Waals surface area contributed by atoms with Crippen LogP contribution >= 0.6 is 8.19 Å². The molecule has 8 heteroatoms. The van der Waals surface area contributed by atoms with Crippen molar-refractivity contribution in [2.24, 2.45) is 0 Å². The van der Waals surface area contributed by atoms with Gasteiger partial charge in [0.25, 0.3) is 0 Å². The van der Waals surface area contributed by atoms with Crippen LogP contribution in [0.4, 0.5) is 22.0 Å². The van der Waals surface area contributed by atoms with E-state index in [0.717, 1.165) is 5.30 Å². The van der Waals surface area contributed by atoms with Crippen molar-refractivity contribution in [1.29, 1.82) is 0 Å². The number of alkyl halides is 3. The molecule has 0 saturated carbocycles. The molecule has 2 aromatic carbocycles. The zero-order valence-corrected chi connectivity index (χ0v) is 19.5. The molecule has 0 aliphatic heterocycles. The topological polar surface area (TPSA) is 12.9 Å². The van der Waals surface area contributed by atoms with E-state index in [2.05, 4.69) is 17.1 Å². The summed E-state index contributed by atoms with van der Waals surface area (Å²) in [6, 6.07) is 21.5. The number of aromatic nitrogens is 1. The fourth-order valence-electron chi connectivity index (χ4n) is 3.19. The predicted molar refractivity (Wildman–Crippen MR) is 111 cm³/mol. The minimum atomic E-state index is -5.23. The van der Waals surface area contributed by atoms with Crippen molar-refractivity contribution in [3.8, 4) is 22.4 Å². The van der Waals surface area contributed by atoms with Gasteiger partial charge in [0, 0.05) is 17.2 Å². The Labute approximate surface area is 197 Å². The van der Waals surface area contributed by atoms with Gasteiger partial charge in [-0.1, -0.05) is 23.8 Å². The molecule has 1 unspecified atom stereocenters. The first-order valence-electron chi connectivity index (χ1n) is 9.25. The van der Waals surface area contributed by atoms with Crippen molar-refractivity contribution >= 4 is 8.19 Å².